The fourth-order valence-corrected chi connectivity index (χ4v) is 1.68. The van der Waals surface area contributed by atoms with Crippen LogP contribution in [-0.4, -0.2) is 47.2 Å². The van der Waals surface area contributed by atoms with Crippen LogP contribution in [-0.2, 0) is 9.53 Å². The van der Waals surface area contributed by atoms with Crippen LogP contribution in [0.1, 0.15) is 10.4 Å². The molecule has 0 fully saturated rings. The topological polar surface area (TPSA) is 95.9 Å². The monoisotopic (exact) mass is 341 g/mol. The van der Waals surface area contributed by atoms with Gasteiger partial charge in [0.2, 0.25) is 0 Å². The molecule has 10 heteroatoms. The van der Waals surface area contributed by atoms with E-state index < -0.39 is 29.9 Å². The normalized spacial score (nSPS) is 13.4. The second kappa shape index (κ2) is 6.51. The van der Waals surface area contributed by atoms with Gasteiger partial charge in [-0.15, -0.1) is 0 Å². The third kappa shape index (κ3) is 3.67. The molecule has 0 aliphatic heterocycles. The average molecular weight is 342 g/mol. The predicted molar refractivity (Wildman–Crippen MR) is 67.9 cm³/mol. The molecule has 1 unspecified atom stereocenters. The Kier molecular flexibility index (Phi) is 5.39. The molecule has 0 saturated heterocycles. The summed E-state index contributed by atoms with van der Waals surface area (Å²) in [5.41, 5.74) is -0.254. The summed E-state index contributed by atoms with van der Waals surface area (Å²) < 4.78 is 41.9. The van der Waals surface area contributed by atoms with Crippen molar-refractivity contribution < 1.29 is 37.7 Å². The van der Waals surface area contributed by atoms with Crippen molar-refractivity contribution in [3.63, 3.8) is 0 Å². The number of benzene rings is 1. The molecule has 0 heterocycles. The number of rotatable bonds is 4. The number of hydrogen-bond acceptors (Lipinski definition) is 5. The molecule has 0 bridgehead atoms. The fourth-order valence-electron chi connectivity index (χ4n) is 1.46. The molecule has 0 aromatic heterocycles. The Morgan fingerprint density at radius 2 is 1.82 bits per heavy atom. The van der Waals surface area contributed by atoms with Gasteiger partial charge in [-0.2, -0.15) is 13.2 Å². The molecule has 1 amide bonds. The van der Waals surface area contributed by atoms with Crippen LogP contribution in [0.25, 0.3) is 0 Å². The van der Waals surface area contributed by atoms with Gasteiger partial charge in [0.15, 0.2) is 6.04 Å². The van der Waals surface area contributed by atoms with Crippen LogP contribution in [0.5, 0.6) is 0 Å². The van der Waals surface area contributed by atoms with Gasteiger partial charge in [0.25, 0.3) is 11.7 Å². The first kappa shape index (κ1) is 18.2. The van der Waals surface area contributed by atoms with E-state index in [2.05, 4.69) is 4.74 Å². The number of carbonyl (C=O) groups excluding carboxylic acids is 2. The van der Waals surface area contributed by atoms with E-state index in [-0.39, 0.29) is 10.6 Å². The van der Waals surface area contributed by atoms with Gasteiger partial charge in [0.1, 0.15) is 0 Å². The van der Waals surface area contributed by atoms with Crippen LogP contribution in [0, 0.1) is 0 Å². The van der Waals surface area contributed by atoms with Crippen molar-refractivity contribution in [2.75, 3.05) is 7.11 Å². The first-order valence-electron chi connectivity index (χ1n) is 5.67. The molecule has 1 aromatic rings. The highest BCUT2D eigenvalue weighted by Gasteiger charge is 2.61. The summed E-state index contributed by atoms with van der Waals surface area (Å²) in [7, 11) is 0.726. The van der Waals surface area contributed by atoms with E-state index in [4.69, 9.17) is 21.8 Å². The molecule has 0 saturated carbocycles. The quantitative estimate of drug-likeness (QED) is 0.557. The summed E-state index contributed by atoms with van der Waals surface area (Å²) in [5, 5.41) is 19.8. The van der Waals surface area contributed by atoms with Gasteiger partial charge in [-0.3, -0.25) is 4.79 Å². The summed E-state index contributed by atoms with van der Waals surface area (Å²) >= 11 is 5.70. The Hall–Kier alpha value is -1.84. The summed E-state index contributed by atoms with van der Waals surface area (Å²) in [5.74, 6) is -7.42. The molecule has 0 radical (unpaired) electrons. The van der Waals surface area contributed by atoms with Gasteiger partial charge in [0, 0.05) is 0 Å². The van der Waals surface area contributed by atoms with E-state index in [1.807, 2.05) is 0 Å². The number of nitrogens with one attached hydrogen (secondary N) is 1. The number of halogens is 4. The lowest BCUT2D eigenvalue weighted by Gasteiger charge is -2.31. The number of esters is 1. The molecule has 6 nitrogen and oxygen atoms in total. The SMILES string of the molecule is COC(=O)C(NC(=O)c1ccccc1Cl)C(O)(O)C(F)(F)F. The molecule has 0 spiro atoms. The Bertz CT molecular complexity index is 576. The summed E-state index contributed by atoms with van der Waals surface area (Å²) in [6.07, 6.45) is -5.61. The maximum Gasteiger partial charge on any atom is 0.445 e. The summed E-state index contributed by atoms with van der Waals surface area (Å²) in [6, 6.07) is 2.52. The van der Waals surface area contributed by atoms with Crippen molar-refractivity contribution in [3.8, 4) is 0 Å². The third-order valence-electron chi connectivity index (χ3n) is 2.65. The number of methoxy groups -OCH3 is 1. The molecule has 3 N–H and O–H groups in total. The van der Waals surface area contributed by atoms with Crippen molar-refractivity contribution in [1.29, 1.82) is 0 Å². The van der Waals surface area contributed by atoms with Crippen molar-refractivity contribution in [3.05, 3.63) is 34.9 Å². The van der Waals surface area contributed by atoms with E-state index in [1.54, 1.807) is 5.32 Å². The highest BCUT2D eigenvalue weighted by molar-refractivity contribution is 6.33. The van der Waals surface area contributed by atoms with E-state index >= 15 is 0 Å². The van der Waals surface area contributed by atoms with Crippen LogP contribution in [0.15, 0.2) is 24.3 Å². The first-order valence-corrected chi connectivity index (χ1v) is 6.05. The molecule has 0 aliphatic rings. The Morgan fingerprint density at radius 1 is 1.27 bits per heavy atom. The standard InChI is InChI=1S/C12H11ClF3NO5/c1-22-10(19)8(11(20,21)12(14,15)16)17-9(18)6-4-2-3-5-7(6)13/h2-5,8,20-21H,1H3,(H,17,18). The number of alkyl halides is 3. The van der Waals surface area contributed by atoms with Gasteiger partial charge in [-0.05, 0) is 12.1 Å². The lowest BCUT2D eigenvalue weighted by atomic mass is 10.1. The molecule has 1 atom stereocenters. The highest BCUT2D eigenvalue weighted by atomic mass is 35.5. The third-order valence-corrected chi connectivity index (χ3v) is 2.98. The molecular weight excluding hydrogens is 331 g/mol. The van der Waals surface area contributed by atoms with Crippen molar-refractivity contribution in [1.82, 2.24) is 5.32 Å². The van der Waals surface area contributed by atoms with Crippen LogP contribution in [0.3, 0.4) is 0 Å². The van der Waals surface area contributed by atoms with E-state index in [9.17, 15) is 22.8 Å². The number of ether oxygens (including phenoxy) is 1. The van der Waals surface area contributed by atoms with Crippen molar-refractivity contribution in [2.45, 2.75) is 18.0 Å². The molecule has 122 valence electrons. The summed E-state index contributed by atoms with van der Waals surface area (Å²) in [4.78, 5) is 23.2. The van der Waals surface area contributed by atoms with Gasteiger partial charge in [-0.1, -0.05) is 23.7 Å². The second-order valence-corrected chi connectivity index (χ2v) is 4.54. The minimum absolute atomic E-state index is 0.0999. The number of amides is 1. The fraction of sp³-hybridized carbons (Fsp3) is 0.333. The van der Waals surface area contributed by atoms with Crippen LogP contribution < -0.4 is 5.32 Å². The maximum atomic E-state index is 12.6. The van der Waals surface area contributed by atoms with Gasteiger partial charge < -0.3 is 20.3 Å². The minimum atomic E-state index is -5.61. The smallest absolute Gasteiger partial charge is 0.445 e. The second-order valence-electron chi connectivity index (χ2n) is 4.13. The zero-order valence-electron chi connectivity index (χ0n) is 11.0. The van der Waals surface area contributed by atoms with Crippen molar-refractivity contribution in [2.24, 2.45) is 0 Å². The van der Waals surface area contributed by atoms with E-state index in [0.717, 1.165) is 7.11 Å². The molecule has 1 aromatic carbocycles. The predicted octanol–water partition coefficient (Wildman–Crippen LogP) is 0.855. The van der Waals surface area contributed by atoms with E-state index in [1.165, 1.54) is 24.3 Å². The zero-order chi connectivity index (χ0) is 17.1. The molecule has 22 heavy (non-hydrogen) atoms. The molecular formula is C12H11ClF3NO5. The molecule has 1 rings (SSSR count). The maximum absolute atomic E-state index is 12.6. The summed E-state index contributed by atoms with van der Waals surface area (Å²) in [6.45, 7) is 0. The Labute approximate surface area is 127 Å². The zero-order valence-corrected chi connectivity index (χ0v) is 11.8. The van der Waals surface area contributed by atoms with Crippen LogP contribution in [0.2, 0.25) is 5.02 Å². The average Bonchev–Trinajstić information content (AvgIpc) is 2.42. The van der Waals surface area contributed by atoms with Crippen LogP contribution in [0.4, 0.5) is 13.2 Å². The molecule has 0 aliphatic carbocycles. The highest BCUT2D eigenvalue weighted by Crippen LogP contribution is 2.31. The van der Waals surface area contributed by atoms with Crippen LogP contribution >= 0.6 is 11.6 Å². The first-order chi connectivity index (χ1) is 10.0. The minimum Gasteiger partial charge on any atom is -0.467 e. The van der Waals surface area contributed by atoms with Gasteiger partial charge >= 0.3 is 12.1 Å². The van der Waals surface area contributed by atoms with E-state index in [0.29, 0.717) is 0 Å². The number of hydrogen-bond donors (Lipinski definition) is 3. The lowest BCUT2D eigenvalue weighted by molar-refractivity contribution is -0.355. The largest absolute Gasteiger partial charge is 0.467 e. The Balaban J connectivity index is 3.14. The Morgan fingerprint density at radius 3 is 2.27 bits per heavy atom. The number of aliphatic hydroxyl groups is 2. The number of carbonyl (C=O) groups is 2. The van der Waals surface area contributed by atoms with Crippen molar-refractivity contribution >= 4 is 23.5 Å². The lowest BCUT2D eigenvalue weighted by Crippen LogP contribution is -2.64. The van der Waals surface area contributed by atoms with Gasteiger partial charge in [-0.25, -0.2) is 4.79 Å². The van der Waals surface area contributed by atoms with Gasteiger partial charge in [0.05, 0.1) is 17.7 Å².